The molecule has 0 aromatic heterocycles. The van der Waals surface area contributed by atoms with Crippen molar-refractivity contribution in [3.8, 4) is 5.75 Å². The molecule has 0 aliphatic heterocycles. The summed E-state index contributed by atoms with van der Waals surface area (Å²) in [6.07, 6.45) is 0. The zero-order valence-corrected chi connectivity index (χ0v) is 20.5. The molecule has 0 spiro atoms. The maximum absolute atomic E-state index is 13.2. The predicted molar refractivity (Wildman–Crippen MR) is 131 cm³/mol. The minimum atomic E-state index is -0.651. The largest absolute Gasteiger partial charge is 0.483 e. The van der Waals surface area contributed by atoms with Gasteiger partial charge in [0.1, 0.15) is 11.8 Å². The predicted octanol–water partition coefficient (Wildman–Crippen LogP) is 5.31. The Hall–Kier alpha value is -2.86. The molecule has 32 heavy (non-hydrogen) atoms. The summed E-state index contributed by atoms with van der Waals surface area (Å²) in [5, 5.41) is 4.95. The van der Waals surface area contributed by atoms with Crippen LogP contribution in [0, 0.1) is 0 Å². The molecule has 6 heteroatoms. The van der Waals surface area contributed by atoms with Crippen molar-refractivity contribution < 1.29 is 14.3 Å². The highest BCUT2D eigenvalue weighted by molar-refractivity contribution is 9.10. The quantitative estimate of drug-likeness (QED) is 0.481. The molecule has 0 heterocycles. The number of nitrogens with one attached hydrogen (secondary N) is 1. The standard InChI is InChI=1S/C26H29BrN2O3/c1-18(25(31)28-26(2,3)4)29(16-19-12-14-21(27)15-13-19)24(30)17-32-23-11-7-9-20-8-5-6-10-22(20)23/h5-15,18H,16-17H2,1-4H3,(H,28,31)/t18-/m0/s1. The van der Waals surface area contributed by atoms with Gasteiger partial charge in [0.25, 0.3) is 5.91 Å². The molecule has 0 radical (unpaired) electrons. The summed E-state index contributed by atoms with van der Waals surface area (Å²) in [5.74, 6) is 0.192. The summed E-state index contributed by atoms with van der Waals surface area (Å²) in [6, 6.07) is 20.7. The molecule has 1 atom stereocenters. The molecule has 0 bridgehead atoms. The molecule has 0 aliphatic carbocycles. The van der Waals surface area contributed by atoms with Crippen molar-refractivity contribution >= 4 is 38.5 Å². The van der Waals surface area contributed by atoms with Crippen LogP contribution in [0.15, 0.2) is 71.2 Å². The zero-order chi connectivity index (χ0) is 23.3. The summed E-state index contributed by atoms with van der Waals surface area (Å²) < 4.78 is 6.87. The van der Waals surface area contributed by atoms with E-state index in [1.807, 2.05) is 87.5 Å². The molecule has 1 N–H and O–H groups in total. The van der Waals surface area contributed by atoms with E-state index in [9.17, 15) is 9.59 Å². The van der Waals surface area contributed by atoms with Crippen LogP contribution < -0.4 is 10.1 Å². The number of carbonyl (C=O) groups is 2. The Bertz CT molecular complexity index is 1080. The van der Waals surface area contributed by atoms with E-state index >= 15 is 0 Å². The molecule has 3 rings (SSSR count). The Labute approximate surface area is 197 Å². The highest BCUT2D eigenvalue weighted by Gasteiger charge is 2.28. The lowest BCUT2D eigenvalue weighted by Crippen LogP contribution is -2.53. The Balaban J connectivity index is 1.80. The molecule has 0 saturated carbocycles. The van der Waals surface area contributed by atoms with Gasteiger partial charge in [0.15, 0.2) is 6.61 Å². The Morgan fingerprint density at radius 1 is 1.00 bits per heavy atom. The van der Waals surface area contributed by atoms with Crippen molar-refractivity contribution in [2.75, 3.05) is 6.61 Å². The number of fused-ring (bicyclic) bond motifs is 1. The van der Waals surface area contributed by atoms with E-state index in [2.05, 4.69) is 21.2 Å². The van der Waals surface area contributed by atoms with Gasteiger partial charge in [0.05, 0.1) is 0 Å². The van der Waals surface area contributed by atoms with Gasteiger partial charge in [-0.05, 0) is 56.8 Å². The fourth-order valence-corrected chi connectivity index (χ4v) is 3.65. The van der Waals surface area contributed by atoms with Gasteiger partial charge in [-0.1, -0.05) is 64.5 Å². The topological polar surface area (TPSA) is 58.6 Å². The third-order valence-corrected chi connectivity index (χ3v) is 5.56. The van der Waals surface area contributed by atoms with Crippen molar-refractivity contribution in [1.82, 2.24) is 10.2 Å². The first-order chi connectivity index (χ1) is 15.1. The monoisotopic (exact) mass is 496 g/mol. The minimum Gasteiger partial charge on any atom is -0.483 e. The average molecular weight is 497 g/mol. The summed E-state index contributed by atoms with van der Waals surface area (Å²) in [4.78, 5) is 27.7. The van der Waals surface area contributed by atoms with E-state index in [0.717, 1.165) is 20.8 Å². The van der Waals surface area contributed by atoms with Crippen LogP contribution in [0.3, 0.4) is 0 Å². The van der Waals surface area contributed by atoms with Crippen LogP contribution in [0.4, 0.5) is 0 Å². The Kier molecular flexibility index (Phi) is 7.56. The lowest BCUT2D eigenvalue weighted by atomic mass is 10.1. The molecule has 3 aromatic carbocycles. The minimum absolute atomic E-state index is 0.155. The number of hydrogen-bond acceptors (Lipinski definition) is 3. The lowest BCUT2D eigenvalue weighted by molar-refractivity contribution is -0.142. The Morgan fingerprint density at radius 3 is 2.34 bits per heavy atom. The molecule has 0 fully saturated rings. The Morgan fingerprint density at radius 2 is 1.66 bits per heavy atom. The van der Waals surface area contributed by atoms with E-state index in [0.29, 0.717) is 12.3 Å². The number of ether oxygens (including phenoxy) is 1. The van der Waals surface area contributed by atoms with Crippen LogP contribution in [0.25, 0.3) is 10.8 Å². The van der Waals surface area contributed by atoms with E-state index in [1.54, 1.807) is 11.8 Å². The highest BCUT2D eigenvalue weighted by Crippen LogP contribution is 2.25. The highest BCUT2D eigenvalue weighted by atomic mass is 79.9. The van der Waals surface area contributed by atoms with Crippen molar-refractivity contribution in [2.24, 2.45) is 0 Å². The number of rotatable bonds is 7. The fraction of sp³-hybridized carbons (Fsp3) is 0.308. The number of carbonyl (C=O) groups excluding carboxylic acids is 2. The maximum atomic E-state index is 13.2. The summed E-state index contributed by atoms with van der Waals surface area (Å²) in [7, 11) is 0. The van der Waals surface area contributed by atoms with E-state index in [4.69, 9.17) is 4.74 Å². The number of amides is 2. The molecule has 0 unspecified atom stereocenters. The second-order valence-corrected chi connectivity index (χ2v) is 9.74. The molecule has 168 valence electrons. The molecule has 2 amide bonds. The maximum Gasteiger partial charge on any atom is 0.261 e. The molecular formula is C26H29BrN2O3. The average Bonchev–Trinajstić information content (AvgIpc) is 2.75. The van der Waals surface area contributed by atoms with Gasteiger partial charge in [-0.15, -0.1) is 0 Å². The van der Waals surface area contributed by atoms with Crippen molar-refractivity contribution in [3.05, 3.63) is 76.8 Å². The van der Waals surface area contributed by atoms with Crippen LogP contribution in [-0.2, 0) is 16.1 Å². The first-order valence-electron chi connectivity index (χ1n) is 10.6. The van der Waals surface area contributed by atoms with Crippen LogP contribution >= 0.6 is 15.9 Å². The van der Waals surface area contributed by atoms with Crippen LogP contribution in [0.1, 0.15) is 33.3 Å². The third-order valence-electron chi connectivity index (χ3n) is 5.03. The van der Waals surface area contributed by atoms with Gasteiger partial charge >= 0.3 is 0 Å². The van der Waals surface area contributed by atoms with Gasteiger partial charge < -0.3 is 15.0 Å². The van der Waals surface area contributed by atoms with Gasteiger partial charge in [-0.3, -0.25) is 9.59 Å². The van der Waals surface area contributed by atoms with Crippen LogP contribution in [0.2, 0.25) is 0 Å². The number of benzene rings is 3. The fourth-order valence-electron chi connectivity index (χ4n) is 3.39. The number of hydrogen-bond donors (Lipinski definition) is 1. The first-order valence-corrected chi connectivity index (χ1v) is 11.4. The van der Waals surface area contributed by atoms with Gasteiger partial charge in [0.2, 0.25) is 5.91 Å². The molecule has 0 saturated heterocycles. The molecular weight excluding hydrogens is 468 g/mol. The SMILES string of the molecule is C[C@@H](C(=O)NC(C)(C)C)N(Cc1ccc(Br)cc1)C(=O)COc1cccc2ccccc12. The summed E-state index contributed by atoms with van der Waals surface area (Å²) in [6.45, 7) is 7.66. The van der Waals surface area contributed by atoms with Crippen LogP contribution in [-0.4, -0.2) is 34.9 Å². The van der Waals surface area contributed by atoms with Gasteiger partial charge in [-0.25, -0.2) is 0 Å². The van der Waals surface area contributed by atoms with Gasteiger partial charge in [-0.2, -0.15) is 0 Å². The smallest absolute Gasteiger partial charge is 0.261 e. The molecule has 3 aromatic rings. The molecule has 0 aliphatic rings. The number of halogens is 1. The second-order valence-electron chi connectivity index (χ2n) is 8.83. The zero-order valence-electron chi connectivity index (χ0n) is 18.9. The number of nitrogens with zero attached hydrogens (tertiary/aromatic N) is 1. The lowest BCUT2D eigenvalue weighted by Gasteiger charge is -2.31. The second kappa shape index (κ2) is 10.2. The van der Waals surface area contributed by atoms with Crippen LogP contribution in [0.5, 0.6) is 5.75 Å². The van der Waals surface area contributed by atoms with Crippen molar-refractivity contribution in [3.63, 3.8) is 0 Å². The van der Waals surface area contributed by atoms with E-state index in [-0.39, 0.29) is 18.4 Å². The van der Waals surface area contributed by atoms with E-state index < -0.39 is 11.6 Å². The molecule has 5 nitrogen and oxygen atoms in total. The third kappa shape index (κ3) is 6.33. The normalized spacial score (nSPS) is 12.3. The van der Waals surface area contributed by atoms with E-state index in [1.165, 1.54) is 0 Å². The van der Waals surface area contributed by atoms with Gasteiger partial charge in [0, 0.05) is 21.9 Å². The summed E-state index contributed by atoms with van der Waals surface area (Å²) in [5.41, 5.74) is 0.541. The van der Waals surface area contributed by atoms with Crippen molar-refractivity contribution in [2.45, 2.75) is 45.8 Å². The first kappa shape index (κ1) is 23.8. The summed E-state index contributed by atoms with van der Waals surface area (Å²) >= 11 is 3.43. The van der Waals surface area contributed by atoms with Crippen molar-refractivity contribution in [1.29, 1.82) is 0 Å².